The van der Waals surface area contributed by atoms with Crippen LogP contribution in [0.3, 0.4) is 0 Å². The van der Waals surface area contributed by atoms with Crippen LogP contribution in [0.5, 0.6) is 11.5 Å². The Morgan fingerprint density at radius 3 is 2.47 bits per heavy atom. The maximum Gasteiger partial charge on any atom is 0.253 e. The molecule has 1 N–H and O–H groups in total. The summed E-state index contributed by atoms with van der Waals surface area (Å²) in [7, 11) is 0. The van der Waals surface area contributed by atoms with Gasteiger partial charge in [-0.3, -0.25) is 9.59 Å². The second-order valence-electron chi connectivity index (χ2n) is 8.03. The third-order valence-electron chi connectivity index (χ3n) is 5.52. The average molecular weight is 449 g/mol. The lowest BCUT2D eigenvalue weighted by molar-refractivity contribution is -0.121. The first-order valence-electron chi connectivity index (χ1n) is 10.7. The van der Waals surface area contributed by atoms with Gasteiger partial charge >= 0.3 is 0 Å². The van der Waals surface area contributed by atoms with Gasteiger partial charge < -0.3 is 15.0 Å². The molecule has 4 rings (SSSR count). The Labute approximate surface area is 193 Å². The van der Waals surface area contributed by atoms with Crippen molar-refractivity contribution in [1.82, 2.24) is 4.90 Å². The van der Waals surface area contributed by atoms with Gasteiger partial charge in [0, 0.05) is 29.4 Å². The molecule has 0 radical (unpaired) electrons. The van der Waals surface area contributed by atoms with Crippen LogP contribution >= 0.6 is 11.6 Å². The summed E-state index contributed by atoms with van der Waals surface area (Å²) in [4.78, 5) is 27.4. The van der Waals surface area contributed by atoms with E-state index in [4.69, 9.17) is 16.3 Å². The van der Waals surface area contributed by atoms with E-state index in [-0.39, 0.29) is 17.7 Å². The van der Waals surface area contributed by atoms with E-state index in [0.717, 1.165) is 24.2 Å². The van der Waals surface area contributed by atoms with E-state index in [1.165, 1.54) is 0 Å². The highest BCUT2D eigenvalue weighted by Crippen LogP contribution is 2.25. The summed E-state index contributed by atoms with van der Waals surface area (Å²) < 4.78 is 5.86. The molecule has 2 amide bonds. The monoisotopic (exact) mass is 448 g/mol. The Balaban J connectivity index is 1.34. The molecule has 0 unspecified atom stereocenters. The third kappa shape index (κ3) is 5.48. The predicted molar refractivity (Wildman–Crippen MR) is 126 cm³/mol. The van der Waals surface area contributed by atoms with Gasteiger partial charge in [-0.1, -0.05) is 23.7 Å². The molecule has 1 aliphatic rings. The number of nitrogens with one attached hydrogen (secondary N) is 1. The van der Waals surface area contributed by atoms with E-state index in [2.05, 4.69) is 5.32 Å². The number of likely N-dealkylation sites (tertiary alicyclic amines) is 1. The lowest BCUT2D eigenvalue weighted by atomic mass is 9.96. The zero-order valence-electron chi connectivity index (χ0n) is 17.9. The minimum absolute atomic E-state index is 0.0724. The van der Waals surface area contributed by atoms with E-state index in [1.807, 2.05) is 55.5 Å². The van der Waals surface area contributed by atoms with Crippen LogP contribution in [0.4, 0.5) is 5.69 Å². The van der Waals surface area contributed by atoms with E-state index >= 15 is 0 Å². The first kappa shape index (κ1) is 21.9. The predicted octanol–water partition coefficient (Wildman–Crippen LogP) is 5.93. The van der Waals surface area contributed by atoms with Crippen molar-refractivity contribution in [2.24, 2.45) is 5.92 Å². The number of halogens is 1. The van der Waals surface area contributed by atoms with Gasteiger partial charge in [-0.05, 0) is 86.0 Å². The molecule has 1 fully saturated rings. The fourth-order valence-corrected chi connectivity index (χ4v) is 3.94. The SMILES string of the molecule is Cc1cccc(Oc2ccc(NC(=O)[C@@H]3CCCN(C(=O)c4ccc(Cl)cc4)C3)cc2)c1. The average Bonchev–Trinajstić information content (AvgIpc) is 2.80. The summed E-state index contributed by atoms with van der Waals surface area (Å²) >= 11 is 5.91. The van der Waals surface area contributed by atoms with Crippen molar-refractivity contribution in [3.63, 3.8) is 0 Å². The van der Waals surface area contributed by atoms with Crippen molar-refractivity contribution >= 4 is 29.1 Å². The molecule has 0 aliphatic carbocycles. The lowest BCUT2D eigenvalue weighted by Gasteiger charge is -2.32. The molecule has 6 heteroatoms. The zero-order valence-corrected chi connectivity index (χ0v) is 18.6. The highest BCUT2D eigenvalue weighted by atomic mass is 35.5. The quantitative estimate of drug-likeness (QED) is 0.526. The number of hydrogen-bond acceptors (Lipinski definition) is 3. The maximum atomic E-state index is 12.8. The molecule has 1 heterocycles. The number of hydrogen-bond donors (Lipinski definition) is 1. The number of piperidine rings is 1. The summed E-state index contributed by atoms with van der Waals surface area (Å²) in [6, 6.07) is 22.0. The molecular weight excluding hydrogens is 424 g/mol. The van der Waals surface area contributed by atoms with Crippen molar-refractivity contribution in [2.45, 2.75) is 19.8 Å². The summed E-state index contributed by atoms with van der Waals surface area (Å²) in [5, 5.41) is 3.56. The highest BCUT2D eigenvalue weighted by molar-refractivity contribution is 6.30. The van der Waals surface area contributed by atoms with E-state index < -0.39 is 0 Å². The smallest absolute Gasteiger partial charge is 0.253 e. The summed E-state index contributed by atoms with van der Waals surface area (Å²) in [6.07, 6.45) is 1.55. The molecule has 0 saturated carbocycles. The zero-order chi connectivity index (χ0) is 22.5. The number of carbonyl (C=O) groups is 2. The van der Waals surface area contributed by atoms with Crippen molar-refractivity contribution in [2.75, 3.05) is 18.4 Å². The number of benzene rings is 3. The second-order valence-corrected chi connectivity index (χ2v) is 8.47. The van der Waals surface area contributed by atoms with Gasteiger partial charge in [-0.25, -0.2) is 0 Å². The molecule has 3 aromatic carbocycles. The molecule has 0 bridgehead atoms. The van der Waals surface area contributed by atoms with Crippen LogP contribution < -0.4 is 10.1 Å². The van der Waals surface area contributed by atoms with Gasteiger partial charge in [0.25, 0.3) is 5.91 Å². The maximum absolute atomic E-state index is 12.8. The first-order valence-corrected chi connectivity index (χ1v) is 11.1. The van der Waals surface area contributed by atoms with E-state index in [1.54, 1.807) is 29.2 Å². The summed E-state index contributed by atoms with van der Waals surface area (Å²) in [6.45, 7) is 3.07. The number of nitrogens with zero attached hydrogens (tertiary/aromatic N) is 1. The van der Waals surface area contributed by atoms with Crippen molar-refractivity contribution < 1.29 is 14.3 Å². The Bertz CT molecular complexity index is 1100. The number of rotatable bonds is 5. The largest absolute Gasteiger partial charge is 0.457 e. The van der Waals surface area contributed by atoms with Crippen molar-refractivity contribution in [3.8, 4) is 11.5 Å². The third-order valence-corrected chi connectivity index (χ3v) is 5.77. The number of amides is 2. The van der Waals surface area contributed by atoms with Crippen LogP contribution in [0.15, 0.2) is 72.8 Å². The molecule has 3 aromatic rings. The summed E-state index contributed by atoms with van der Waals surface area (Å²) in [5.74, 6) is 1.08. The van der Waals surface area contributed by atoms with Gasteiger partial charge in [0.1, 0.15) is 11.5 Å². The number of aryl methyl sites for hydroxylation is 1. The molecule has 164 valence electrons. The molecule has 1 saturated heterocycles. The molecule has 5 nitrogen and oxygen atoms in total. The Hall–Kier alpha value is -3.31. The van der Waals surface area contributed by atoms with Crippen LogP contribution in [-0.2, 0) is 4.79 Å². The molecule has 0 aromatic heterocycles. The van der Waals surface area contributed by atoms with Crippen molar-refractivity contribution in [1.29, 1.82) is 0 Å². The van der Waals surface area contributed by atoms with Crippen LogP contribution in [0.2, 0.25) is 5.02 Å². The van der Waals surface area contributed by atoms with Crippen LogP contribution in [0.1, 0.15) is 28.8 Å². The topological polar surface area (TPSA) is 58.6 Å². The highest BCUT2D eigenvalue weighted by Gasteiger charge is 2.29. The molecule has 0 spiro atoms. The van der Waals surface area contributed by atoms with Crippen LogP contribution in [0.25, 0.3) is 0 Å². The van der Waals surface area contributed by atoms with Gasteiger partial charge in [-0.15, -0.1) is 0 Å². The fourth-order valence-electron chi connectivity index (χ4n) is 3.82. The molecule has 1 atom stereocenters. The Kier molecular flexibility index (Phi) is 6.76. The van der Waals surface area contributed by atoms with E-state index in [9.17, 15) is 9.59 Å². The summed E-state index contributed by atoms with van der Waals surface area (Å²) in [5.41, 5.74) is 2.41. The second kappa shape index (κ2) is 9.88. The minimum atomic E-state index is -0.247. The lowest BCUT2D eigenvalue weighted by Crippen LogP contribution is -2.43. The first-order chi connectivity index (χ1) is 15.5. The van der Waals surface area contributed by atoms with Gasteiger partial charge in [0.2, 0.25) is 5.91 Å². The molecule has 32 heavy (non-hydrogen) atoms. The van der Waals surface area contributed by atoms with Gasteiger partial charge in [0.15, 0.2) is 0 Å². The number of anilines is 1. The molecule has 1 aliphatic heterocycles. The van der Waals surface area contributed by atoms with E-state index in [0.29, 0.717) is 35.1 Å². The minimum Gasteiger partial charge on any atom is -0.457 e. The Morgan fingerprint density at radius 2 is 1.75 bits per heavy atom. The molecular formula is C26H25ClN2O3. The van der Waals surface area contributed by atoms with Crippen LogP contribution in [0, 0.1) is 12.8 Å². The van der Waals surface area contributed by atoms with Crippen molar-refractivity contribution in [3.05, 3.63) is 88.9 Å². The van der Waals surface area contributed by atoms with Crippen LogP contribution in [-0.4, -0.2) is 29.8 Å². The van der Waals surface area contributed by atoms with Gasteiger partial charge in [-0.2, -0.15) is 0 Å². The Morgan fingerprint density at radius 1 is 1.00 bits per heavy atom. The normalized spacial score (nSPS) is 15.8. The number of ether oxygens (including phenoxy) is 1. The fraction of sp³-hybridized carbons (Fsp3) is 0.231. The number of carbonyl (C=O) groups excluding carboxylic acids is 2. The van der Waals surface area contributed by atoms with Gasteiger partial charge in [0.05, 0.1) is 5.92 Å². The standard InChI is InChI=1S/C26H25ClN2O3/c1-18-4-2-6-24(16-18)32-23-13-11-22(12-14-23)28-25(30)20-5-3-15-29(17-20)26(31)19-7-9-21(27)10-8-19/h2,4,6-14,16,20H,3,5,15,17H2,1H3,(H,28,30)/t20-/m1/s1.